The topological polar surface area (TPSA) is 69.7 Å². The van der Waals surface area contributed by atoms with Crippen LogP contribution in [-0.4, -0.2) is 47.7 Å². The third-order valence-corrected chi connectivity index (χ3v) is 21.7. The smallest absolute Gasteiger partial charge is 0.338 e. The van der Waals surface area contributed by atoms with Gasteiger partial charge in [-0.2, -0.15) is 0 Å². The lowest BCUT2D eigenvalue weighted by Crippen LogP contribution is -2.44. The third-order valence-electron chi connectivity index (χ3n) is 5.73. The van der Waals surface area contributed by atoms with Crippen molar-refractivity contribution in [1.29, 1.82) is 0 Å². The molecular weight excluding hydrogens is 477 g/mol. The van der Waals surface area contributed by atoms with Crippen LogP contribution in [0, 0.1) is 0 Å². The van der Waals surface area contributed by atoms with Crippen LogP contribution in [0.2, 0.25) is 57.2 Å². The van der Waals surface area contributed by atoms with Crippen molar-refractivity contribution in [2.45, 2.75) is 109 Å². The average molecular weight is 525 g/mol. The second-order valence-corrected chi connectivity index (χ2v) is 29.1. The van der Waals surface area contributed by atoms with Crippen molar-refractivity contribution in [3.8, 4) is 0 Å². The summed E-state index contributed by atoms with van der Waals surface area (Å²) in [6.07, 6.45) is 7.48. The van der Waals surface area contributed by atoms with E-state index in [9.17, 15) is 14.4 Å². The number of hydrogen-bond donors (Lipinski definition) is 0. The molecule has 1 heterocycles. The molecule has 0 N–H and O–H groups in total. The molecule has 0 saturated heterocycles. The lowest BCUT2D eigenvalue weighted by molar-refractivity contribution is -0.155. The summed E-state index contributed by atoms with van der Waals surface area (Å²) in [5.74, 6) is -1.39. The van der Waals surface area contributed by atoms with Gasteiger partial charge in [-0.25, -0.2) is 14.4 Å². The number of esters is 3. The van der Waals surface area contributed by atoms with Gasteiger partial charge in [0.15, 0.2) is 0 Å². The molecule has 0 spiro atoms. The fourth-order valence-corrected chi connectivity index (χ4v) is 26.9. The van der Waals surface area contributed by atoms with Crippen molar-refractivity contribution in [1.82, 2.24) is 0 Å². The van der Waals surface area contributed by atoms with Crippen molar-refractivity contribution < 1.29 is 23.9 Å². The van der Waals surface area contributed by atoms with Crippen molar-refractivity contribution >= 4 is 42.1 Å². The zero-order chi connectivity index (χ0) is 26.8. The molecular formula is C26H48O5Si3. The molecule has 0 aromatic rings. The fourth-order valence-electron chi connectivity index (χ4n) is 4.76. The Labute approximate surface area is 211 Å². The van der Waals surface area contributed by atoms with Gasteiger partial charge in [0.05, 0.1) is 8.07 Å². The fraction of sp³-hybridized carbons (Fsp3) is 0.654. The summed E-state index contributed by atoms with van der Waals surface area (Å²) < 4.78 is 9.44. The minimum Gasteiger partial charge on any atom is -0.456 e. The van der Waals surface area contributed by atoms with Crippen LogP contribution in [0.4, 0.5) is 0 Å². The Morgan fingerprint density at radius 3 is 1.65 bits per heavy atom. The molecule has 1 saturated carbocycles. The second kappa shape index (κ2) is 13.5. The van der Waals surface area contributed by atoms with Gasteiger partial charge in [0.2, 0.25) is 0 Å². The zero-order valence-electron chi connectivity index (χ0n) is 23.1. The van der Waals surface area contributed by atoms with E-state index in [2.05, 4.69) is 76.3 Å². The normalized spacial score (nSPS) is 17.1. The summed E-state index contributed by atoms with van der Waals surface area (Å²) in [7, 11) is -2.91. The highest BCUT2D eigenvalue weighted by Crippen LogP contribution is 2.36. The van der Waals surface area contributed by atoms with E-state index in [1.54, 1.807) is 6.92 Å². The van der Waals surface area contributed by atoms with Gasteiger partial charge in [0, 0.05) is 33.9 Å². The molecule has 2 rings (SSSR count). The molecule has 1 fully saturated rings. The van der Waals surface area contributed by atoms with Crippen LogP contribution in [0.3, 0.4) is 0 Å². The number of cyclic esters (lactones) is 2. The quantitative estimate of drug-likeness (QED) is 0.148. The Morgan fingerprint density at radius 1 is 1.00 bits per heavy atom. The Kier molecular flexibility index (Phi) is 12.9. The van der Waals surface area contributed by atoms with Crippen LogP contribution >= 0.6 is 0 Å². The highest BCUT2D eigenvalue weighted by Gasteiger charge is 2.36. The van der Waals surface area contributed by atoms with E-state index in [1.807, 2.05) is 0 Å². The van der Waals surface area contributed by atoms with Crippen molar-refractivity contribution in [3.05, 3.63) is 36.6 Å². The first-order valence-electron chi connectivity index (χ1n) is 12.3. The molecule has 0 bridgehead atoms. The van der Waals surface area contributed by atoms with Gasteiger partial charge in [-0.1, -0.05) is 70.7 Å². The van der Waals surface area contributed by atoms with Gasteiger partial charge in [0.25, 0.3) is 0 Å². The first-order chi connectivity index (χ1) is 15.4. The largest absolute Gasteiger partial charge is 0.456 e. The Morgan fingerprint density at radius 2 is 1.41 bits per heavy atom. The van der Waals surface area contributed by atoms with E-state index in [4.69, 9.17) is 4.74 Å². The summed E-state index contributed by atoms with van der Waals surface area (Å²) in [6.45, 7) is 29.0. The van der Waals surface area contributed by atoms with Gasteiger partial charge in [-0.15, -0.1) is 12.3 Å². The van der Waals surface area contributed by atoms with E-state index in [1.165, 1.54) is 24.2 Å². The first kappa shape index (κ1) is 32.5. The average Bonchev–Trinajstić information content (AvgIpc) is 3.28. The summed E-state index contributed by atoms with van der Waals surface area (Å²) in [5, 5.41) is 0. The Bertz CT molecular complexity index is 734. The molecule has 0 amide bonds. The molecule has 0 atom stereocenters. The highest BCUT2D eigenvalue weighted by molar-refractivity contribution is 7.04. The number of hydrogen-bond acceptors (Lipinski definition) is 5. The third kappa shape index (κ3) is 14.0. The van der Waals surface area contributed by atoms with Crippen LogP contribution in [-0.2, 0) is 23.9 Å². The molecule has 0 aromatic heterocycles. The maximum atomic E-state index is 11.3. The number of carbonyl (C=O) groups is 3. The van der Waals surface area contributed by atoms with E-state index < -0.39 is 36.2 Å². The Hall–Kier alpha value is -1.52. The molecule has 5 nitrogen and oxygen atoms in total. The minimum absolute atomic E-state index is 0.171. The summed E-state index contributed by atoms with van der Waals surface area (Å²) >= 11 is 0. The molecule has 0 aromatic carbocycles. The van der Waals surface area contributed by atoms with Crippen LogP contribution in [0.5, 0.6) is 0 Å². The van der Waals surface area contributed by atoms with Crippen LogP contribution in [0.15, 0.2) is 36.6 Å². The van der Waals surface area contributed by atoms with Crippen LogP contribution in [0.1, 0.15) is 46.0 Å². The van der Waals surface area contributed by atoms with Crippen LogP contribution in [0.25, 0.3) is 0 Å². The second-order valence-electron chi connectivity index (χ2n) is 12.3. The molecule has 1 aliphatic carbocycles. The van der Waals surface area contributed by atoms with Crippen molar-refractivity contribution in [2.24, 2.45) is 0 Å². The standard InChI is InChI=1S/C11H18O2.C11H28Si3.C4H2O3/c1-4-11(7-5-6-8-11)13-10(12)9(2)3;1-9-14(8,10-12(2,3)4)11-13(5,6)7;5-3-1-2-4(6)7-3/h2,4-8H2,1,3H3;9H,1,10-11H2,2-8H3;1-2H. The van der Waals surface area contributed by atoms with Crippen LogP contribution < -0.4 is 0 Å². The van der Waals surface area contributed by atoms with E-state index in [0.29, 0.717) is 5.57 Å². The summed E-state index contributed by atoms with van der Waals surface area (Å²) in [5.41, 5.74) is 5.72. The summed E-state index contributed by atoms with van der Waals surface area (Å²) in [6, 6.07) is 0. The molecule has 0 radical (unpaired) electrons. The summed E-state index contributed by atoms with van der Waals surface area (Å²) in [4.78, 5) is 31.2. The number of carbonyl (C=O) groups excluding carboxylic acids is 3. The van der Waals surface area contributed by atoms with Gasteiger partial charge in [0.1, 0.15) is 5.60 Å². The predicted octanol–water partition coefficient (Wildman–Crippen LogP) is 7.00. The predicted molar refractivity (Wildman–Crippen MR) is 151 cm³/mol. The van der Waals surface area contributed by atoms with Gasteiger partial charge in [-0.3, -0.25) is 0 Å². The van der Waals surface area contributed by atoms with Gasteiger partial charge < -0.3 is 9.47 Å². The number of rotatable bonds is 8. The first-order valence-corrected chi connectivity index (χ1v) is 22.7. The van der Waals surface area contributed by atoms with E-state index >= 15 is 0 Å². The highest BCUT2D eigenvalue weighted by atomic mass is 28.4. The molecule has 2 aliphatic rings. The van der Waals surface area contributed by atoms with Crippen molar-refractivity contribution in [2.75, 3.05) is 0 Å². The Balaban J connectivity index is 0.000000504. The maximum absolute atomic E-state index is 11.3. The molecule has 34 heavy (non-hydrogen) atoms. The lowest BCUT2D eigenvalue weighted by Gasteiger charge is -2.34. The van der Waals surface area contributed by atoms with E-state index in [-0.39, 0.29) is 11.6 Å². The minimum atomic E-state index is -1.11. The van der Waals surface area contributed by atoms with E-state index in [0.717, 1.165) is 31.4 Å². The number of ether oxygens (including phenoxy) is 2. The zero-order valence-corrected chi connectivity index (χ0v) is 26.1. The lowest BCUT2D eigenvalue weighted by atomic mass is 9.99. The maximum Gasteiger partial charge on any atom is 0.338 e. The van der Waals surface area contributed by atoms with Gasteiger partial charge >= 0.3 is 17.9 Å². The molecule has 0 unspecified atom stereocenters. The monoisotopic (exact) mass is 524 g/mol. The van der Waals surface area contributed by atoms with Gasteiger partial charge in [-0.05, 0) is 39.0 Å². The molecule has 8 heteroatoms. The van der Waals surface area contributed by atoms with Crippen molar-refractivity contribution in [3.63, 3.8) is 0 Å². The molecule has 194 valence electrons. The SMILES string of the molecule is C=C(C)C(=O)OC1(CC)CCCC1.C=C[Si](C)(C[Si](C)(C)C)C[Si](C)(C)C.O=C1C=CC(=O)O1. The molecule has 1 aliphatic heterocycles.